The Morgan fingerprint density at radius 1 is 1.23 bits per heavy atom. The Hall–Kier alpha value is -2.73. The van der Waals surface area contributed by atoms with Gasteiger partial charge < -0.3 is 10.1 Å². The molecule has 1 amide bonds. The summed E-state index contributed by atoms with van der Waals surface area (Å²) < 4.78 is 7.22. The molecule has 0 aliphatic carbocycles. The summed E-state index contributed by atoms with van der Waals surface area (Å²) in [6.45, 7) is 2.07. The minimum atomic E-state index is -0.0453. The highest BCUT2D eigenvalue weighted by Gasteiger charge is 2.11. The van der Waals surface area contributed by atoms with Crippen LogP contribution in [0.1, 0.15) is 12.5 Å². The van der Waals surface area contributed by atoms with Crippen molar-refractivity contribution in [2.75, 3.05) is 18.2 Å². The minimum absolute atomic E-state index is 0.0453. The van der Waals surface area contributed by atoms with Gasteiger partial charge in [0.05, 0.1) is 18.6 Å². The molecule has 0 bridgehead atoms. The second-order valence-corrected chi connectivity index (χ2v) is 6.57. The molecule has 3 rings (SSSR count). The molecule has 26 heavy (non-hydrogen) atoms. The monoisotopic (exact) mass is 367 g/mol. The third-order valence-electron chi connectivity index (χ3n) is 3.94. The van der Waals surface area contributed by atoms with E-state index in [0.717, 1.165) is 34.3 Å². The standard InChI is InChI=1S/C20H21N3O2S/c1-3-15-7-4-5-10-18(15)22-19(24)14-26-20-21-11-12-23(20)16-8-6-9-17(13-16)25-2/h4-13H,3,14H2,1-2H3,(H,22,24). The van der Waals surface area contributed by atoms with E-state index in [2.05, 4.69) is 17.2 Å². The van der Waals surface area contributed by atoms with Gasteiger partial charge in [0, 0.05) is 24.1 Å². The fourth-order valence-electron chi connectivity index (χ4n) is 2.62. The normalized spacial score (nSPS) is 10.5. The number of carbonyl (C=O) groups excluding carboxylic acids is 1. The van der Waals surface area contributed by atoms with Crippen molar-refractivity contribution < 1.29 is 9.53 Å². The van der Waals surface area contributed by atoms with Crippen LogP contribution in [0.3, 0.4) is 0 Å². The Kier molecular flexibility index (Phi) is 5.96. The van der Waals surface area contributed by atoms with E-state index in [1.165, 1.54) is 11.8 Å². The van der Waals surface area contributed by atoms with Crippen molar-refractivity contribution >= 4 is 23.4 Å². The van der Waals surface area contributed by atoms with Crippen LogP contribution in [0.4, 0.5) is 5.69 Å². The molecule has 1 aromatic heterocycles. The van der Waals surface area contributed by atoms with E-state index in [1.807, 2.05) is 59.3 Å². The van der Waals surface area contributed by atoms with Crippen LogP contribution < -0.4 is 10.1 Å². The summed E-state index contributed by atoms with van der Waals surface area (Å²) in [4.78, 5) is 16.7. The second-order valence-electron chi connectivity index (χ2n) is 5.63. The van der Waals surface area contributed by atoms with Crippen molar-refractivity contribution in [3.8, 4) is 11.4 Å². The summed E-state index contributed by atoms with van der Waals surface area (Å²) in [5.74, 6) is 1.02. The third-order valence-corrected chi connectivity index (χ3v) is 4.91. The number of ether oxygens (including phenoxy) is 1. The summed E-state index contributed by atoms with van der Waals surface area (Å²) in [7, 11) is 1.64. The second kappa shape index (κ2) is 8.58. The maximum Gasteiger partial charge on any atom is 0.234 e. The van der Waals surface area contributed by atoms with Gasteiger partial charge in [-0.25, -0.2) is 4.98 Å². The number of benzene rings is 2. The molecule has 0 saturated heterocycles. The van der Waals surface area contributed by atoms with Gasteiger partial charge in [-0.1, -0.05) is 43.0 Å². The zero-order valence-electron chi connectivity index (χ0n) is 14.8. The number of amides is 1. The number of anilines is 1. The lowest BCUT2D eigenvalue weighted by Gasteiger charge is -2.11. The van der Waals surface area contributed by atoms with Crippen LogP contribution in [-0.4, -0.2) is 28.3 Å². The summed E-state index contributed by atoms with van der Waals surface area (Å²) in [5, 5.41) is 3.75. The maximum atomic E-state index is 12.3. The van der Waals surface area contributed by atoms with Crippen molar-refractivity contribution in [2.45, 2.75) is 18.5 Å². The Morgan fingerprint density at radius 3 is 2.88 bits per heavy atom. The fourth-order valence-corrected chi connectivity index (χ4v) is 3.39. The van der Waals surface area contributed by atoms with E-state index >= 15 is 0 Å². The molecule has 0 fully saturated rings. The van der Waals surface area contributed by atoms with Crippen LogP contribution >= 0.6 is 11.8 Å². The largest absolute Gasteiger partial charge is 0.497 e. The van der Waals surface area contributed by atoms with E-state index in [0.29, 0.717) is 5.75 Å². The first-order chi connectivity index (χ1) is 12.7. The quantitative estimate of drug-likeness (QED) is 0.637. The van der Waals surface area contributed by atoms with Gasteiger partial charge in [0.1, 0.15) is 5.75 Å². The molecule has 134 valence electrons. The number of imidazole rings is 1. The highest BCUT2D eigenvalue weighted by molar-refractivity contribution is 7.99. The van der Waals surface area contributed by atoms with Gasteiger partial charge in [-0.15, -0.1) is 0 Å². The molecule has 0 aliphatic heterocycles. The topological polar surface area (TPSA) is 56.2 Å². The van der Waals surface area contributed by atoms with Crippen LogP contribution in [-0.2, 0) is 11.2 Å². The van der Waals surface area contributed by atoms with Crippen molar-refractivity contribution in [3.05, 3.63) is 66.5 Å². The van der Waals surface area contributed by atoms with Crippen LogP contribution in [0, 0.1) is 0 Å². The molecule has 1 N–H and O–H groups in total. The predicted octanol–water partition coefficient (Wildman–Crippen LogP) is 4.17. The highest BCUT2D eigenvalue weighted by Crippen LogP contribution is 2.23. The average Bonchev–Trinajstić information content (AvgIpc) is 3.15. The van der Waals surface area contributed by atoms with Crippen LogP contribution in [0.15, 0.2) is 66.1 Å². The van der Waals surface area contributed by atoms with Gasteiger partial charge in [-0.3, -0.25) is 9.36 Å². The number of nitrogens with zero attached hydrogens (tertiary/aromatic N) is 2. The Bertz CT molecular complexity index is 892. The molecule has 2 aromatic carbocycles. The lowest BCUT2D eigenvalue weighted by Crippen LogP contribution is -2.15. The first kappa shape index (κ1) is 18.1. The lowest BCUT2D eigenvalue weighted by atomic mass is 10.1. The smallest absolute Gasteiger partial charge is 0.234 e. The molecular weight excluding hydrogens is 346 g/mol. The van der Waals surface area contributed by atoms with Crippen molar-refractivity contribution in [1.29, 1.82) is 0 Å². The van der Waals surface area contributed by atoms with Crippen molar-refractivity contribution in [2.24, 2.45) is 0 Å². The van der Waals surface area contributed by atoms with E-state index in [9.17, 15) is 4.79 Å². The highest BCUT2D eigenvalue weighted by atomic mass is 32.2. The Balaban J connectivity index is 1.67. The van der Waals surface area contributed by atoms with Crippen LogP contribution in [0.25, 0.3) is 5.69 Å². The number of hydrogen-bond acceptors (Lipinski definition) is 4. The summed E-state index contributed by atoms with van der Waals surface area (Å²) >= 11 is 1.40. The van der Waals surface area contributed by atoms with Crippen LogP contribution in [0.5, 0.6) is 5.75 Å². The lowest BCUT2D eigenvalue weighted by molar-refractivity contribution is -0.113. The zero-order valence-corrected chi connectivity index (χ0v) is 15.6. The van der Waals surface area contributed by atoms with E-state index < -0.39 is 0 Å². The summed E-state index contributed by atoms with van der Waals surface area (Å²) in [6.07, 6.45) is 4.48. The number of aryl methyl sites for hydroxylation is 1. The number of thioether (sulfide) groups is 1. The molecule has 1 heterocycles. The molecular formula is C20H21N3O2S. The van der Waals surface area contributed by atoms with E-state index in [-0.39, 0.29) is 5.91 Å². The molecule has 0 radical (unpaired) electrons. The summed E-state index contributed by atoms with van der Waals surface area (Å²) in [5.41, 5.74) is 2.95. The molecule has 5 nitrogen and oxygen atoms in total. The SMILES string of the molecule is CCc1ccccc1NC(=O)CSc1nccn1-c1cccc(OC)c1. The van der Waals surface area contributed by atoms with E-state index in [1.54, 1.807) is 13.3 Å². The average molecular weight is 367 g/mol. The number of carbonyl (C=O) groups is 1. The number of hydrogen-bond donors (Lipinski definition) is 1. The predicted molar refractivity (Wildman–Crippen MR) is 105 cm³/mol. The first-order valence-corrected chi connectivity index (χ1v) is 9.38. The minimum Gasteiger partial charge on any atom is -0.497 e. The third kappa shape index (κ3) is 4.26. The fraction of sp³-hybridized carbons (Fsp3) is 0.200. The number of nitrogens with one attached hydrogen (secondary N) is 1. The molecule has 0 aliphatic rings. The Labute approximate surface area is 157 Å². The van der Waals surface area contributed by atoms with Gasteiger partial charge in [0.25, 0.3) is 0 Å². The number of methoxy groups -OCH3 is 1. The van der Waals surface area contributed by atoms with Crippen LogP contribution in [0.2, 0.25) is 0 Å². The first-order valence-electron chi connectivity index (χ1n) is 8.39. The maximum absolute atomic E-state index is 12.3. The van der Waals surface area contributed by atoms with Gasteiger partial charge >= 0.3 is 0 Å². The number of rotatable bonds is 7. The molecule has 6 heteroatoms. The number of para-hydroxylation sites is 1. The van der Waals surface area contributed by atoms with Gasteiger partial charge in [0.2, 0.25) is 5.91 Å². The molecule has 0 saturated carbocycles. The van der Waals surface area contributed by atoms with Gasteiger partial charge in [-0.2, -0.15) is 0 Å². The van der Waals surface area contributed by atoms with E-state index in [4.69, 9.17) is 4.74 Å². The summed E-state index contributed by atoms with van der Waals surface area (Å²) in [6, 6.07) is 15.6. The molecule has 0 atom stereocenters. The zero-order chi connectivity index (χ0) is 18.4. The number of aromatic nitrogens is 2. The van der Waals surface area contributed by atoms with Crippen molar-refractivity contribution in [1.82, 2.24) is 9.55 Å². The van der Waals surface area contributed by atoms with Crippen molar-refractivity contribution in [3.63, 3.8) is 0 Å². The molecule has 0 unspecified atom stereocenters. The molecule has 0 spiro atoms. The Morgan fingerprint density at radius 2 is 2.08 bits per heavy atom. The molecule has 3 aromatic rings. The van der Waals surface area contributed by atoms with Gasteiger partial charge in [-0.05, 0) is 30.2 Å². The van der Waals surface area contributed by atoms with Gasteiger partial charge in [0.15, 0.2) is 5.16 Å².